The first kappa shape index (κ1) is 18.9. The van der Waals surface area contributed by atoms with Gasteiger partial charge >= 0.3 is 5.97 Å². The average molecular weight is 393 g/mol. The summed E-state index contributed by atoms with van der Waals surface area (Å²) < 4.78 is 19.9. The van der Waals surface area contributed by atoms with E-state index in [2.05, 4.69) is 10.4 Å². The maximum atomic E-state index is 13.0. The van der Waals surface area contributed by atoms with Gasteiger partial charge in [-0.25, -0.2) is 13.9 Å². The molecule has 1 aromatic heterocycles. The van der Waals surface area contributed by atoms with Gasteiger partial charge in [-0.15, -0.1) is 0 Å². The summed E-state index contributed by atoms with van der Waals surface area (Å²) in [5, 5.41) is 7.17. The maximum Gasteiger partial charge on any atom is 0.357 e. The topological polar surface area (TPSA) is 73.2 Å². The van der Waals surface area contributed by atoms with E-state index in [0.717, 1.165) is 24.2 Å². The third-order valence-corrected chi connectivity index (χ3v) is 4.70. The standard InChI is InChI=1S/C22H20FN3O3/c1-14(21(27)24-17-11-9-16(23)10-12-17)29-22(28)20-13-19(15-7-8-15)25-26(20)18-5-3-2-4-6-18/h2-6,9-15H,7-8H2,1H3,(H,24,27)/t14-/m1/s1. The molecule has 1 heterocycles. The quantitative estimate of drug-likeness (QED) is 0.641. The van der Waals surface area contributed by atoms with Crippen LogP contribution in [0.15, 0.2) is 60.7 Å². The predicted octanol–water partition coefficient (Wildman–Crippen LogP) is 4.07. The lowest BCUT2D eigenvalue weighted by molar-refractivity contribution is -0.123. The molecule has 0 aliphatic heterocycles. The van der Waals surface area contributed by atoms with Crippen LogP contribution >= 0.6 is 0 Å². The van der Waals surface area contributed by atoms with Crippen molar-refractivity contribution in [2.75, 3.05) is 5.32 Å². The first-order chi connectivity index (χ1) is 14.0. The molecule has 1 aliphatic rings. The van der Waals surface area contributed by atoms with Gasteiger partial charge in [0.2, 0.25) is 0 Å². The molecule has 7 heteroatoms. The van der Waals surface area contributed by atoms with Crippen LogP contribution in [0.1, 0.15) is 41.9 Å². The van der Waals surface area contributed by atoms with Crippen LogP contribution in [0.4, 0.5) is 10.1 Å². The van der Waals surface area contributed by atoms with Gasteiger partial charge in [-0.05, 0) is 62.2 Å². The fraction of sp³-hybridized carbons (Fsp3) is 0.227. The zero-order valence-electron chi connectivity index (χ0n) is 15.8. The molecule has 1 N–H and O–H groups in total. The van der Waals surface area contributed by atoms with Crippen LogP contribution in [0.5, 0.6) is 0 Å². The zero-order chi connectivity index (χ0) is 20.4. The highest BCUT2D eigenvalue weighted by atomic mass is 19.1. The summed E-state index contributed by atoms with van der Waals surface area (Å²) in [4.78, 5) is 25.1. The minimum absolute atomic E-state index is 0.277. The molecular weight excluding hydrogens is 373 g/mol. The van der Waals surface area contributed by atoms with E-state index in [0.29, 0.717) is 11.6 Å². The van der Waals surface area contributed by atoms with E-state index in [4.69, 9.17) is 4.74 Å². The van der Waals surface area contributed by atoms with Crippen LogP contribution in [0.2, 0.25) is 0 Å². The normalized spacial score (nSPS) is 14.3. The van der Waals surface area contributed by atoms with Crippen molar-refractivity contribution < 1.29 is 18.7 Å². The predicted molar refractivity (Wildman–Crippen MR) is 105 cm³/mol. The number of amides is 1. The van der Waals surface area contributed by atoms with E-state index in [1.54, 1.807) is 10.7 Å². The first-order valence-electron chi connectivity index (χ1n) is 9.44. The number of benzene rings is 2. The van der Waals surface area contributed by atoms with Gasteiger partial charge in [0.25, 0.3) is 5.91 Å². The summed E-state index contributed by atoms with van der Waals surface area (Å²) in [7, 11) is 0. The van der Waals surface area contributed by atoms with Crippen molar-refractivity contribution in [1.82, 2.24) is 9.78 Å². The Kier molecular flexibility index (Phi) is 5.12. The average Bonchev–Trinajstić information content (AvgIpc) is 3.48. The Morgan fingerprint density at radius 1 is 1.14 bits per heavy atom. The van der Waals surface area contributed by atoms with E-state index in [1.165, 1.54) is 31.2 Å². The summed E-state index contributed by atoms with van der Waals surface area (Å²) in [6, 6.07) is 16.4. The molecule has 3 aromatic rings. The highest BCUT2D eigenvalue weighted by Crippen LogP contribution is 2.39. The van der Waals surface area contributed by atoms with Crippen LogP contribution in [-0.4, -0.2) is 27.8 Å². The Labute approximate surface area is 167 Å². The number of hydrogen-bond donors (Lipinski definition) is 1. The monoisotopic (exact) mass is 393 g/mol. The molecule has 1 amide bonds. The number of aromatic nitrogens is 2. The van der Waals surface area contributed by atoms with E-state index in [9.17, 15) is 14.0 Å². The maximum absolute atomic E-state index is 13.0. The SMILES string of the molecule is C[C@@H](OC(=O)c1cc(C2CC2)nn1-c1ccccc1)C(=O)Nc1ccc(F)cc1. The molecule has 0 saturated heterocycles. The Morgan fingerprint density at radius 3 is 2.48 bits per heavy atom. The number of hydrogen-bond acceptors (Lipinski definition) is 4. The van der Waals surface area contributed by atoms with E-state index in [1.807, 2.05) is 30.3 Å². The molecule has 29 heavy (non-hydrogen) atoms. The molecule has 1 atom stereocenters. The molecule has 1 aliphatic carbocycles. The third kappa shape index (κ3) is 4.34. The molecule has 0 unspecified atom stereocenters. The van der Waals surface area contributed by atoms with E-state index >= 15 is 0 Å². The minimum atomic E-state index is -1.03. The summed E-state index contributed by atoms with van der Waals surface area (Å²) in [6.07, 6.45) is 1.07. The lowest BCUT2D eigenvalue weighted by atomic mass is 10.2. The van der Waals surface area contributed by atoms with Crippen molar-refractivity contribution >= 4 is 17.6 Å². The van der Waals surface area contributed by atoms with Gasteiger partial charge in [-0.2, -0.15) is 5.10 Å². The van der Waals surface area contributed by atoms with Crippen molar-refractivity contribution in [1.29, 1.82) is 0 Å². The number of anilines is 1. The van der Waals surface area contributed by atoms with Gasteiger partial charge in [-0.3, -0.25) is 4.79 Å². The van der Waals surface area contributed by atoms with Crippen molar-refractivity contribution in [3.05, 3.63) is 77.9 Å². The molecule has 2 aromatic carbocycles. The number of carbonyl (C=O) groups is 2. The first-order valence-corrected chi connectivity index (χ1v) is 9.44. The second kappa shape index (κ2) is 7.87. The second-order valence-electron chi connectivity index (χ2n) is 7.02. The number of nitrogens with one attached hydrogen (secondary N) is 1. The number of rotatable bonds is 6. The largest absolute Gasteiger partial charge is 0.448 e. The Bertz CT molecular complexity index is 1030. The van der Waals surface area contributed by atoms with Crippen molar-refractivity contribution in [3.8, 4) is 5.69 Å². The molecule has 148 valence electrons. The molecule has 6 nitrogen and oxygen atoms in total. The highest BCUT2D eigenvalue weighted by molar-refractivity contribution is 5.97. The number of esters is 1. The zero-order valence-corrected chi connectivity index (χ0v) is 15.8. The molecule has 1 saturated carbocycles. The Morgan fingerprint density at radius 2 is 1.83 bits per heavy atom. The Hall–Kier alpha value is -3.48. The molecule has 0 radical (unpaired) electrons. The summed E-state index contributed by atoms with van der Waals surface area (Å²) in [6.45, 7) is 1.49. The fourth-order valence-corrected chi connectivity index (χ4v) is 2.94. The van der Waals surface area contributed by atoms with Crippen molar-refractivity contribution in [2.45, 2.75) is 31.8 Å². The van der Waals surface area contributed by atoms with Gasteiger partial charge in [0.05, 0.1) is 11.4 Å². The fourth-order valence-electron chi connectivity index (χ4n) is 2.94. The van der Waals surface area contributed by atoms with Gasteiger partial charge in [-0.1, -0.05) is 18.2 Å². The van der Waals surface area contributed by atoms with Crippen molar-refractivity contribution in [3.63, 3.8) is 0 Å². The summed E-state index contributed by atoms with van der Waals surface area (Å²) in [5.74, 6) is -1.16. The molecule has 0 bridgehead atoms. The van der Waals surface area contributed by atoms with Gasteiger partial charge in [0.1, 0.15) is 5.82 Å². The summed E-state index contributed by atoms with van der Waals surface area (Å²) >= 11 is 0. The van der Waals surface area contributed by atoms with Gasteiger partial charge < -0.3 is 10.1 Å². The van der Waals surface area contributed by atoms with Crippen molar-refractivity contribution in [2.24, 2.45) is 0 Å². The third-order valence-electron chi connectivity index (χ3n) is 4.70. The number of ether oxygens (including phenoxy) is 1. The minimum Gasteiger partial charge on any atom is -0.448 e. The van der Waals surface area contributed by atoms with E-state index < -0.39 is 23.8 Å². The van der Waals surface area contributed by atoms with Crippen LogP contribution in [-0.2, 0) is 9.53 Å². The Balaban J connectivity index is 1.50. The van der Waals surface area contributed by atoms with Crippen LogP contribution in [0.3, 0.4) is 0 Å². The lowest BCUT2D eigenvalue weighted by Crippen LogP contribution is -2.30. The number of carbonyl (C=O) groups excluding carboxylic acids is 2. The second-order valence-corrected chi connectivity index (χ2v) is 7.02. The number of para-hydroxylation sites is 1. The van der Waals surface area contributed by atoms with Crippen LogP contribution in [0, 0.1) is 5.82 Å². The van der Waals surface area contributed by atoms with Gasteiger partial charge in [0.15, 0.2) is 11.8 Å². The molecule has 4 rings (SSSR count). The lowest BCUT2D eigenvalue weighted by Gasteiger charge is -2.14. The molecular formula is C22H20FN3O3. The highest BCUT2D eigenvalue weighted by Gasteiger charge is 2.30. The summed E-state index contributed by atoms with van der Waals surface area (Å²) in [5.41, 5.74) is 2.29. The van der Waals surface area contributed by atoms with Crippen LogP contribution in [0.25, 0.3) is 5.69 Å². The number of nitrogens with zero attached hydrogens (tertiary/aromatic N) is 2. The number of halogens is 1. The molecule has 1 fully saturated rings. The van der Waals surface area contributed by atoms with Gasteiger partial charge in [0, 0.05) is 11.6 Å². The smallest absolute Gasteiger partial charge is 0.357 e. The van der Waals surface area contributed by atoms with Crippen LogP contribution < -0.4 is 5.32 Å². The van der Waals surface area contributed by atoms with E-state index in [-0.39, 0.29) is 5.69 Å². The molecule has 0 spiro atoms.